The van der Waals surface area contributed by atoms with Crippen LogP contribution in [0, 0.1) is 18.6 Å². The van der Waals surface area contributed by atoms with Gasteiger partial charge in [0.05, 0.1) is 35.9 Å². The summed E-state index contributed by atoms with van der Waals surface area (Å²) in [5.74, 6) is -0.854. The molecule has 0 saturated carbocycles. The quantitative estimate of drug-likeness (QED) is 0.396. The number of benzene rings is 2. The zero-order valence-electron chi connectivity index (χ0n) is 18.1. The Morgan fingerprint density at radius 3 is 2.58 bits per heavy atom. The third kappa shape index (κ3) is 4.61. The summed E-state index contributed by atoms with van der Waals surface area (Å²) in [7, 11) is 1.55. The number of ether oxygens (including phenoxy) is 1. The maximum absolute atomic E-state index is 14.3. The summed E-state index contributed by atoms with van der Waals surface area (Å²) in [6.07, 6.45) is 4.98. The normalized spacial score (nSPS) is 11.9. The Balaban J connectivity index is 1.69. The Labute approximate surface area is 194 Å². The molecule has 0 fully saturated rings. The maximum atomic E-state index is 14.3. The van der Waals surface area contributed by atoms with Crippen LogP contribution in [-0.2, 0) is 0 Å². The van der Waals surface area contributed by atoms with Crippen molar-refractivity contribution in [1.82, 2.24) is 14.1 Å². The zero-order valence-corrected chi connectivity index (χ0v) is 18.9. The van der Waals surface area contributed by atoms with Crippen LogP contribution in [0.3, 0.4) is 0 Å². The van der Waals surface area contributed by atoms with E-state index >= 15 is 0 Å². The number of aryl methyl sites for hydroxylation is 1. The molecule has 2 aromatic carbocycles. The number of halogens is 3. The van der Waals surface area contributed by atoms with E-state index in [2.05, 4.69) is 10.3 Å². The van der Waals surface area contributed by atoms with E-state index in [-0.39, 0.29) is 16.3 Å². The molecule has 9 heteroatoms. The number of nitrogens with zero attached hydrogens (tertiary/aromatic N) is 3. The van der Waals surface area contributed by atoms with E-state index in [1.165, 1.54) is 22.9 Å². The lowest BCUT2D eigenvalue weighted by atomic mass is 10.1. The molecular formula is C24H21ClF2N4O2. The van der Waals surface area contributed by atoms with Gasteiger partial charge < -0.3 is 19.2 Å². The molecule has 6 nitrogen and oxygen atoms in total. The smallest absolute Gasteiger partial charge is 0.274 e. The van der Waals surface area contributed by atoms with Crippen LogP contribution in [0.1, 0.15) is 24.2 Å². The molecule has 0 unspecified atom stereocenters. The molecule has 0 aliphatic carbocycles. The number of nitrogens with one attached hydrogen (secondary N) is 1. The van der Waals surface area contributed by atoms with Crippen LogP contribution >= 0.6 is 11.6 Å². The number of anilines is 2. The van der Waals surface area contributed by atoms with Gasteiger partial charge in [-0.05, 0) is 38.1 Å². The molecule has 33 heavy (non-hydrogen) atoms. The van der Waals surface area contributed by atoms with Gasteiger partial charge in [-0.2, -0.15) is 0 Å². The van der Waals surface area contributed by atoms with Crippen molar-refractivity contribution in [3.05, 3.63) is 99.5 Å². The van der Waals surface area contributed by atoms with Crippen molar-refractivity contribution in [1.29, 1.82) is 0 Å². The van der Waals surface area contributed by atoms with E-state index in [1.807, 2.05) is 23.8 Å². The summed E-state index contributed by atoms with van der Waals surface area (Å²) < 4.78 is 36.3. The van der Waals surface area contributed by atoms with E-state index in [9.17, 15) is 13.6 Å². The van der Waals surface area contributed by atoms with Crippen LogP contribution in [0.2, 0.25) is 5.02 Å². The Morgan fingerprint density at radius 1 is 1.12 bits per heavy atom. The molecule has 1 atom stereocenters. The lowest BCUT2D eigenvalue weighted by molar-refractivity contribution is 0.413. The van der Waals surface area contributed by atoms with Gasteiger partial charge in [-0.3, -0.25) is 4.79 Å². The van der Waals surface area contributed by atoms with Crippen molar-refractivity contribution in [3.8, 4) is 11.4 Å². The van der Waals surface area contributed by atoms with Crippen molar-refractivity contribution in [2.75, 3.05) is 12.4 Å². The monoisotopic (exact) mass is 470 g/mol. The Morgan fingerprint density at radius 2 is 1.91 bits per heavy atom. The van der Waals surface area contributed by atoms with Gasteiger partial charge in [0.1, 0.15) is 23.1 Å². The fourth-order valence-corrected chi connectivity index (χ4v) is 3.83. The van der Waals surface area contributed by atoms with Crippen molar-refractivity contribution in [2.45, 2.75) is 19.9 Å². The largest absolute Gasteiger partial charge is 0.494 e. The molecule has 0 spiro atoms. The van der Waals surface area contributed by atoms with Crippen LogP contribution in [0.4, 0.5) is 20.2 Å². The molecule has 2 heterocycles. The first-order chi connectivity index (χ1) is 15.8. The molecule has 170 valence electrons. The number of methoxy groups -OCH3 is 1. The Hall–Kier alpha value is -3.65. The van der Waals surface area contributed by atoms with Crippen molar-refractivity contribution >= 4 is 23.0 Å². The van der Waals surface area contributed by atoms with Gasteiger partial charge >= 0.3 is 0 Å². The highest BCUT2D eigenvalue weighted by Gasteiger charge is 2.18. The minimum absolute atomic E-state index is 0.174. The summed E-state index contributed by atoms with van der Waals surface area (Å²) >= 11 is 6.26. The average Bonchev–Trinajstić information content (AvgIpc) is 3.21. The molecular weight excluding hydrogens is 450 g/mol. The van der Waals surface area contributed by atoms with Gasteiger partial charge in [-0.1, -0.05) is 17.7 Å². The number of rotatable bonds is 6. The first-order valence-electron chi connectivity index (χ1n) is 10.1. The minimum atomic E-state index is -0.737. The van der Waals surface area contributed by atoms with Crippen LogP contribution in [0.5, 0.6) is 5.75 Å². The van der Waals surface area contributed by atoms with Gasteiger partial charge in [0, 0.05) is 35.8 Å². The fraction of sp³-hybridized carbons (Fsp3) is 0.167. The number of hydrogen-bond donors (Lipinski definition) is 1. The lowest BCUT2D eigenvalue weighted by Gasteiger charge is -2.19. The molecule has 0 radical (unpaired) electrons. The highest BCUT2D eigenvalue weighted by molar-refractivity contribution is 6.30. The number of imidazole rings is 1. The van der Waals surface area contributed by atoms with Gasteiger partial charge in [0.25, 0.3) is 5.56 Å². The maximum Gasteiger partial charge on any atom is 0.274 e. The van der Waals surface area contributed by atoms with E-state index < -0.39 is 23.2 Å². The lowest BCUT2D eigenvalue weighted by Crippen LogP contribution is -2.26. The molecule has 4 rings (SSSR count). The number of hydrogen-bond acceptors (Lipinski definition) is 4. The first kappa shape index (κ1) is 22.5. The number of pyridine rings is 1. The standard InChI is InChI=1S/C24H21ClF2N4O2/c1-14-11-30(13-28-14)22-7-5-18(10-23(22)33-3)29-21-8-16(25)12-31(24(21)32)15(2)19-6-4-17(26)9-20(19)27/h4-13,15,29H,1-3H3/t15-/m0/s1. The third-order valence-corrected chi connectivity index (χ3v) is 5.49. The topological polar surface area (TPSA) is 61.1 Å². The van der Waals surface area contributed by atoms with E-state index in [1.54, 1.807) is 32.5 Å². The summed E-state index contributed by atoms with van der Waals surface area (Å²) in [4.78, 5) is 17.4. The van der Waals surface area contributed by atoms with Gasteiger partial charge in [-0.25, -0.2) is 13.8 Å². The molecule has 0 bridgehead atoms. The van der Waals surface area contributed by atoms with Crippen LogP contribution in [-0.4, -0.2) is 21.2 Å². The summed E-state index contributed by atoms with van der Waals surface area (Å²) in [6.45, 7) is 3.53. The minimum Gasteiger partial charge on any atom is -0.494 e. The van der Waals surface area contributed by atoms with Crippen molar-refractivity contribution in [2.24, 2.45) is 0 Å². The molecule has 2 aromatic heterocycles. The molecule has 4 aromatic rings. The summed E-state index contributed by atoms with van der Waals surface area (Å²) in [6, 6.07) is 9.42. The van der Waals surface area contributed by atoms with Crippen LogP contribution in [0.25, 0.3) is 5.69 Å². The summed E-state index contributed by atoms with van der Waals surface area (Å²) in [5, 5.41) is 3.35. The number of aromatic nitrogens is 3. The molecule has 1 N–H and O–H groups in total. The highest BCUT2D eigenvalue weighted by Crippen LogP contribution is 2.29. The third-order valence-electron chi connectivity index (χ3n) is 5.29. The zero-order chi connectivity index (χ0) is 23.7. The van der Waals surface area contributed by atoms with Crippen LogP contribution in [0.15, 0.2) is 66.0 Å². The van der Waals surface area contributed by atoms with E-state index in [0.717, 1.165) is 23.5 Å². The van der Waals surface area contributed by atoms with Crippen molar-refractivity contribution in [3.63, 3.8) is 0 Å². The highest BCUT2D eigenvalue weighted by atomic mass is 35.5. The second kappa shape index (κ2) is 9.07. The molecule has 0 amide bonds. The van der Waals surface area contributed by atoms with Gasteiger partial charge in [0.2, 0.25) is 0 Å². The second-order valence-electron chi connectivity index (χ2n) is 7.56. The van der Waals surface area contributed by atoms with Gasteiger partial charge in [-0.15, -0.1) is 0 Å². The average molecular weight is 471 g/mol. The van der Waals surface area contributed by atoms with Crippen molar-refractivity contribution < 1.29 is 13.5 Å². The summed E-state index contributed by atoms with van der Waals surface area (Å²) in [5.41, 5.74) is 2.21. The Kier molecular flexibility index (Phi) is 6.20. The first-order valence-corrected chi connectivity index (χ1v) is 10.5. The molecule has 0 saturated heterocycles. The fourth-order valence-electron chi connectivity index (χ4n) is 3.61. The second-order valence-corrected chi connectivity index (χ2v) is 8.00. The van der Waals surface area contributed by atoms with Crippen LogP contribution < -0.4 is 15.6 Å². The van der Waals surface area contributed by atoms with E-state index in [0.29, 0.717) is 11.4 Å². The Bertz CT molecular complexity index is 1380. The SMILES string of the molecule is COc1cc(Nc2cc(Cl)cn([C@@H](C)c3ccc(F)cc3F)c2=O)ccc1-n1cnc(C)c1. The van der Waals surface area contributed by atoms with E-state index in [4.69, 9.17) is 16.3 Å². The van der Waals surface area contributed by atoms with Gasteiger partial charge in [0.15, 0.2) is 0 Å². The molecule has 0 aliphatic heterocycles. The predicted molar refractivity (Wildman–Crippen MR) is 124 cm³/mol. The predicted octanol–water partition coefficient (Wildman–Crippen LogP) is 5.64. The molecule has 0 aliphatic rings.